The Labute approximate surface area is 97.3 Å². The van der Waals surface area contributed by atoms with Crippen LogP contribution in [-0.2, 0) is 0 Å². The van der Waals surface area contributed by atoms with Crippen molar-refractivity contribution in [3.8, 4) is 0 Å². The van der Waals surface area contributed by atoms with E-state index in [1.165, 1.54) is 12.1 Å². The van der Waals surface area contributed by atoms with Crippen LogP contribution in [0.2, 0.25) is 0 Å². The summed E-state index contributed by atoms with van der Waals surface area (Å²) in [4.78, 5) is 2.13. The summed E-state index contributed by atoms with van der Waals surface area (Å²) in [7, 11) is 2.01. The fraction of sp³-hybridized carbons (Fsp3) is 0.538. The lowest BCUT2D eigenvalue weighted by molar-refractivity contribution is 0.616. The van der Waals surface area contributed by atoms with Crippen molar-refractivity contribution in [2.75, 3.05) is 18.5 Å². The molecule has 0 aromatic heterocycles. The molecule has 0 saturated carbocycles. The van der Waals surface area contributed by atoms with E-state index in [-0.39, 0.29) is 11.9 Å². The minimum atomic E-state index is -0.228. The van der Waals surface area contributed by atoms with Gasteiger partial charge in [0, 0.05) is 25.3 Å². The second-order valence-corrected chi connectivity index (χ2v) is 4.77. The van der Waals surface area contributed by atoms with Gasteiger partial charge in [-0.25, -0.2) is 4.39 Å². The Morgan fingerprint density at radius 1 is 1.31 bits per heavy atom. The van der Waals surface area contributed by atoms with E-state index in [1.807, 2.05) is 14.0 Å². The lowest BCUT2D eigenvalue weighted by Crippen LogP contribution is -2.25. The monoisotopic (exact) mass is 224 g/mol. The molecule has 1 aromatic rings. The third kappa shape index (κ3) is 3.20. The van der Waals surface area contributed by atoms with Crippen molar-refractivity contribution in [2.45, 2.75) is 26.8 Å². The average Bonchev–Trinajstić information content (AvgIpc) is 2.16. The first kappa shape index (κ1) is 13.0. The number of hydrogen-bond donors (Lipinski definition) is 1. The van der Waals surface area contributed by atoms with E-state index < -0.39 is 0 Å². The van der Waals surface area contributed by atoms with Gasteiger partial charge in [-0.1, -0.05) is 13.8 Å². The van der Waals surface area contributed by atoms with E-state index >= 15 is 0 Å². The second-order valence-electron chi connectivity index (χ2n) is 4.77. The lowest BCUT2D eigenvalue weighted by Gasteiger charge is -2.25. The van der Waals surface area contributed by atoms with Gasteiger partial charge in [0.05, 0.1) is 0 Å². The van der Waals surface area contributed by atoms with Gasteiger partial charge in [-0.3, -0.25) is 0 Å². The van der Waals surface area contributed by atoms with Crippen molar-refractivity contribution >= 4 is 5.69 Å². The van der Waals surface area contributed by atoms with Gasteiger partial charge in [0.2, 0.25) is 0 Å². The predicted octanol–water partition coefficient (Wildman–Crippen LogP) is 2.94. The molecule has 0 aliphatic rings. The summed E-state index contributed by atoms with van der Waals surface area (Å²) in [5.41, 5.74) is 7.74. The summed E-state index contributed by atoms with van der Waals surface area (Å²) in [6.07, 6.45) is 0. The molecule has 1 aromatic carbocycles. The molecule has 2 N–H and O–H groups in total. The van der Waals surface area contributed by atoms with E-state index in [2.05, 4.69) is 18.7 Å². The van der Waals surface area contributed by atoms with Gasteiger partial charge in [-0.15, -0.1) is 0 Å². The topological polar surface area (TPSA) is 29.3 Å². The number of benzene rings is 1. The Hall–Kier alpha value is -1.09. The minimum absolute atomic E-state index is 0.152. The summed E-state index contributed by atoms with van der Waals surface area (Å²) in [5, 5.41) is 0. The van der Waals surface area contributed by atoms with E-state index in [0.717, 1.165) is 17.8 Å². The van der Waals surface area contributed by atoms with E-state index in [9.17, 15) is 4.39 Å². The van der Waals surface area contributed by atoms with Crippen molar-refractivity contribution in [3.63, 3.8) is 0 Å². The molecule has 0 fully saturated rings. The Morgan fingerprint density at radius 2 is 1.94 bits per heavy atom. The van der Waals surface area contributed by atoms with Crippen LogP contribution in [0.3, 0.4) is 0 Å². The van der Waals surface area contributed by atoms with Gasteiger partial charge in [0.25, 0.3) is 0 Å². The average molecular weight is 224 g/mol. The Balaban J connectivity index is 3.02. The van der Waals surface area contributed by atoms with Gasteiger partial charge in [0.15, 0.2) is 0 Å². The molecule has 3 heteroatoms. The van der Waals surface area contributed by atoms with E-state index in [0.29, 0.717) is 5.92 Å². The number of rotatable bonds is 4. The summed E-state index contributed by atoms with van der Waals surface area (Å²) < 4.78 is 13.2. The predicted molar refractivity (Wildman–Crippen MR) is 67.1 cm³/mol. The first-order chi connectivity index (χ1) is 7.41. The third-order valence-corrected chi connectivity index (χ3v) is 2.53. The maximum atomic E-state index is 13.2. The number of anilines is 1. The highest BCUT2D eigenvalue weighted by Crippen LogP contribution is 2.25. The van der Waals surface area contributed by atoms with E-state index in [4.69, 9.17) is 5.73 Å². The molecule has 16 heavy (non-hydrogen) atoms. The molecule has 90 valence electrons. The highest BCUT2D eigenvalue weighted by molar-refractivity contribution is 5.54. The van der Waals surface area contributed by atoms with Crippen LogP contribution in [0, 0.1) is 11.7 Å². The Bertz CT molecular complexity index is 348. The van der Waals surface area contributed by atoms with Crippen molar-refractivity contribution < 1.29 is 4.39 Å². The zero-order valence-electron chi connectivity index (χ0n) is 10.5. The number of hydrogen-bond acceptors (Lipinski definition) is 2. The normalized spacial score (nSPS) is 12.9. The number of nitrogens with zero attached hydrogens (tertiary/aromatic N) is 1. The summed E-state index contributed by atoms with van der Waals surface area (Å²) in [5.74, 6) is 0.338. The molecule has 0 bridgehead atoms. The third-order valence-electron chi connectivity index (χ3n) is 2.53. The molecule has 0 heterocycles. The van der Waals surface area contributed by atoms with Crippen LogP contribution >= 0.6 is 0 Å². The molecular formula is C13H21FN2. The molecule has 0 aliphatic heterocycles. The van der Waals surface area contributed by atoms with Crippen LogP contribution in [0.15, 0.2) is 18.2 Å². The molecule has 0 saturated heterocycles. The summed E-state index contributed by atoms with van der Waals surface area (Å²) >= 11 is 0. The zero-order valence-corrected chi connectivity index (χ0v) is 10.5. The minimum Gasteiger partial charge on any atom is -0.374 e. The van der Waals surface area contributed by atoms with Gasteiger partial charge < -0.3 is 10.6 Å². The van der Waals surface area contributed by atoms with E-state index in [1.54, 1.807) is 6.07 Å². The molecular weight excluding hydrogens is 203 g/mol. The fourth-order valence-electron chi connectivity index (χ4n) is 1.88. The number of nitrogens with two attached hydrogens (primary N) is 1. The van der Waals surface area contributed by atoms with Crippen LogP contribution in [-0.4, -0.2) is 13.6 Å². The summed E-state index contributed by atoms with van der Waals surface area (Å²) in [6.45, 7) is 7.13. The lowest BCUT2D eigenvalue weighted by atomic mass is 10.0. The zero-order chi connectivity index (χ0) is 12.3. The first-order valence-electron chi connectivity index (χ1n) is 5.68. The Morgan fingerprint density at radius 3 is 2.44 bits per heavy atom. The van der Waals surface area contributed by atoms with Crippen LogP contribution in [0.25, 0.3) is 0 Å². The van der Waals surface area contributed by atoms with Crippen molar-refractivity contribution in [1.29, 1.82) is 0 Å². The molecule has 0 amide bonds. The second kappa shape index (κ2) is 5.30. The molecule has 1 rings (SSSR count). The molecule has 0 aliphatic carbocycles. The smallest absolute Gasteiger partial charge is 0.123 e. The Kier molecular flexibility index (Phi) is 4.30. The van der Waals surface area contributed by atoms with Gasteiger partial charge in [-0.2, -0.15) is 0 Å². The largest absolute Gasteiger partial charge is 0.374 e. The molecule has 2 nitrogen and oxygen atoms in total. The van der Waals surface area contributed by atoms with Gasteiger partial charge in [0.1, 0.15) is 5.82 Å². The van der Waals surface area contributed by atoms with Gasteiger partial charge >= 0.3 is 0 Å². The SMILES string of the molecule is CC(C)CN(C)c1ccc(F)cc1[C@H](C)N. The van der Waals surface area contributed by atoms with Gasteiger partial charge in [-0.05, 0) is 36.6 Å². The standard InChI is InChI=1S/C13H21FN2/c1-9(2)8-16(4)13-6-5-11(14)7-12(13)10(3)15/h5-7,9-10H,8,15H2,1-4H3/t10-/m0/s1. The first-order valence-corrected chi connectivity index (χ1v) is 5.68. The van der Waals surface area contributed by atoms with Crippen LogP contribution in [0.4, 0.5) is 10.1 Å². The molecule has 1 atom stereocenters. The quantitative estimate of drug-likeness (QED) is 0.852. The van der Waals surface area contributed by atoms with Crippen LogP contribution in [0.5, 0.6) is 0 Å². The van der Waals surface area contributed by atoms with Crippen LogP contribution < -0.4 is 10.6 Å². The maximum Gasteiger partial charge on any atom is 0.123 e. The van der Waals surface area contributed by atoms with Crippen molar-refractivity contribution in [2.24, 2.45) is 11.7 Å². The summed E-state index contributed by atoms with van der Waals surface area (Å²) in [6, 6.07) is 4.66. The highest BCUT2D eigenvalue weighted by Gasteiger charge is 2.12. The molecule has 0 spiro atoms. The number of halogens is 1. The highest BCUT2D eigenvalue weighted by atomic mass is 19.1. The molecule has 0 unspecified atom stereocenters. The van der Waals surface area contributed by atoms with Crippen molar-refractivity contribution in [3.05, 3.63) is 29.6 Å². The molecule has 0 radical (unpaired) electrons. The fourth-order valence-corrected chi connectivity index (χ4v) is 1.88. The van der Waals surface area contributed by atoms with Crippen LogP contribution in [0.1, 0.15) is 32.4 Å². The maximum absolute atomic E-state index is 13.2. The van der Waals surface area contributed by atoms with Crippen molar-refractivity contribution in [1.82, 2.24) is 0 Å².